The summed E-state index contributed by atoms with van der Waals surface area (Å²) >= 11 is 1.92. The van der Waals surface area contributed by atoms with E-state index in [9.17, 15) is 0 Å². The van der Waals surface area contributed by atoms with E-state index < -0.39 is 0 Å². The summed E-state index contributed by atoms with van der Waals surface area (Å²) in [7, 11) is 0. The lowest BCUT2D eigenvalue weighted by Gasteiger charge is -2.53. The van der Waals surface area contributed by atoms with Gasteiger partial charge < -0.3 is 5.32 Å². The second-order valence-corrected chi connectivity index (χ2v) is 8.44. The minimum Gasteiger partial charge on any atom is -0.308 e. The van der Waals surface area contributed by atoms with Crippen LogP contribution in [0.4, 0.5) is 0 Å². The highest BCUT2D eigenvalue weighted by atomic mass is 32.1. The van der Waals surface area contributed by atoms with Crippen LogP contribution in [-0.2, 0) is 6.54 Å². The molecule has 110 valence electrons. The van der Waals surface area contributed by atoms with Gasteiger partial charge in [0.1, 0.15) is 0 Å². The van der Waals surface area contributed by atoms with Gasteiger partial charge in [-0.25, -0.2) is 0 Å². The first kappa shape index (κ1) is 13.3. The van der Waals surface area contributed by atoms with Crippen LogP contribution in [0, 0.1) is 5.92 Å². The fourth-order valence-corrected chi connectivity index (χ4v) is 5.12. The first-order chi connectivity index (χ1) is 9.70. The van der Waals surface area contributed by atoms with Gasteiger partial charge in [-0.2, -0.15) is 0 Å². The molecule has 1 saturated heterocycles. The predicted molar refractivity (Wildman–Crippen MR) is 85.1 cm³/mol. The summed E-state index contributed by atoms with van der Waals surface area (Å²) in [5.41, 5.74) is 0.823. The van der Waals surface area contributed by atoms with Gasteiger partial charge in [0.25, 0.3) is 0 Å². The average molecular weight is 290 g/mol. The Labute approximate surface area is 126 Å². The first-order valence-corrected chi connectivity index (χ1v) is 9.11. The zero-order valence-corrected chi connectivity index (χ0v) is 13.3. The van der Waals surface area contributed by atoms with E-state index in [1.54, 1.807) is 0 Å². The molecule has 1 aromatic rings. The molecule has 0 aromatic carbocycles. The van der Waals surface area contributed by atoms with Gasteiger partial charge in [0.05, 0.1) is 0 Å². The van der Waals surface area contributed by atoms with Crippen molar-refractivity contribution in [3.63, 3.8) is 0 Å². The summed E-state index contributed by atoms with van der Waals surface area (Å²) in [5, 5.41) is 6.20. The van der Waals surface area contributed by atoms with Gasteiger partial charge in [-0.15, -0.1) is 11.3 Å². The Morgan fingerprint density at radius 1 is 1.35 bits per heavy atom. The van der Waals surface area contributed by atoms with Gasteiger partial charge in [-0.05, 0) is 50.0 Å². The number of piperazine rings is 1. The molecule has 1 spiro atoms. The maximum atomic E-state index is 3.98. The van der Waals surface area contributed by atoms with E-state index in [1.807, 2.05) is 11.3 Å². The zero-order valence-electron chi connectivity index (χ0n) is 12.5. The van der Waals surface area contributed by atoms with E-state index in [0.29, 0.717) is 11.1 Å². The third-order valence-electron chi connectivity index (χ3n) is 5.98. The summed E-state index contributed by atoms with van der Waals surface area (Å²) in [5.74, 6) is 0.925. The number of hydrogen-bond acceptors (Lipinski definition) is 3. The number of nitrogens with one attached hydrogen (secondary N) is 1. The van der Waals surface area contributed by atoms with E-state index in [1.165, 1.54) is 56.5 Å². The van der Waals surface area contributed by atoms with Gasteiger partial charge >= 0.3 is 0 Å². The van der Waals surface area contributed by atoms with Crippen molar-refractivity contribution in [2.24, 2.45) is 5.92 Å². The van der Waals surface area contributed by atoms with Crippen LogP contribution in [0.5, 0.6) is 0 Å². The van der Waals surface area contributed by atoms with Gasteiger partial charge in [0.15, 0.2) is 0 Å². The van der Waals surface area contributed by atoms with Crippen LogP contribution in [0.25, 0.3) is 0 Å². The van der Waals surface area contributed by atoms with Crippen molar-refractivity contribution in [3.8, 4) is 0 Å². The molecular formula is C17H26N2S. The standard InChI is InChI=1S/C17H26N2S/c1-16(14-6-7-14)12-18-17(8-2-3-9-17)13-19(16)11-15-5-4-10-20-15/h4-5,10,14,18H,2-3,6-9,11-13H2,1H3. The van der Waals surface area contributed by atoms with Crippen molar-refractivity contribution in [3.05, 3.63) is 22.4 Å². The van der Waals surface area contributed by atoms with Crippen LogP contribution in [-0.4, -0.2) is 29.1 Å². The van der Waals surface area contributed by atoms with Crippen LogP contribution in [0.1, 0.15) is 50.3 Å². The third-order valence-corrected chi connectivity index (χ3v) is 6.84. The van der Waals surface area contributed by atoms with Crippen LogP contribution in [0.2, 0.25) is 0 Å². The van der Waals surface area contributed by atoms with Crippen LogP contribution in [0.15, 0.2) is 17.5 Å². The Morgan fingerprint density at radius 2 is 2.15 bits per heavy atom. The molecule has 0 amide bonds. The van der Waals surface area contributed by atoms with Crippen molar-refractivity contribution < 1.29 is 0 Å². The summed E-state index contributed by atoms with van der Waals surface area (Å²) in [4.78, 5) is 4.37. The largest absolute Gasteiger partial charge is 0.308 e. The van der Waals surface area contributed by atoms with Crippen molar-refractivity contribution >= 4 is 11.3 Å². The second-order valence-electron chi connectivity index (χ2n) is 7.41. The summed E-state index contributed by atoms with van der Waals surface area (Å²) < 4.78 is 0. The molecule has 2 aliphatic carbocycles. The maximum absolute atomic E-state index is 3.98. The number of nitrogens with zero attached hydrogens (tertiary/aromatic N) is 1. The normalized spacial score (nSPS) is 33.9. The first-order valence-electron chi connectivity index (χ1n) is 8.23. The fourth-order valence-electron chi connectivity index (χ4n) is 4.40. The molecule has 1 atom stereocenters. The summed E-state index contributed by atoms with van der Waals surface area (Å²) in [6.07, 6.45) is 8.47. The lowest BCUT2D eigenvalue weighted by Crippen LogP contribution is -2.68. The zero-order chi connectivity index (χ0) is 13.6. The highest BCUT2D eigenvalue weighted by molar-refractivity contribution is 7.09. The molecular weight excluding hydrogens is 264 g/mol. The lowest BCUT2D eigenvalue weighted by molar-refractivity contribution is -0.00310. The molecule has 3 fully saturated rings. The minimum atomic E-state index is 0.387. The Balaban J connectivity index is 1.58. The van der Waals surface area contributed by atoms with Crippen LogP contribution >= 0.6 is 11.3 Å². The molecule has 0 radical (unpaired) electrons. The highest BCUT2D eigenvalue weighted by Crippen LogP contribution is 2.47. The molecule has 0 bridgehead atoms. The highest BCUT2D eigenvalue weighted by Gasteiger charge is 2.52. The smallest absolute Gasteiger partial charge is 0.0338 e. The lowest BCUT2D eigenvalue weighted by atomic mass is 9.83. The summed E-state index contributed by atoms with van der Waals surface area (Å²) in [6, 6.07) is 4.50. The van der Waals surface area contributed by atoms with E-state index in [4.69, 9.17) is 0 Å². The van der Waals surface area contributed by atoms with E-state index in [0.717, 1.165) is 12.5 Å². The Hall–Kier alpha value is -0.380. The van der Waals surface area contributed by atoms with E-state index in [2.05, 4.69) is 34.7 Å². The predicted octanol–water partition coefficient (Wildman–Crippen LogP) is 3.63. The third kappa shape index (κ3) is 2.24. The quantitative estimate of drug-likeness (QED) is 0.914. The van der Waals surface area contributed by atoms with Gasteiger partial charge in [0, 0.05) is 35.6 Å². The molecule has 3 aliphatic rings. The molecule has 4 rings (SSSR count). The summed E-state index contributed by atoms with van der Waals surface area (Å²) in [6.45, 7) is 6.13. The number of rotatable bonds is 3. The SMILES string of the molecule is CC1(C2CC2)CNC2(CCCC2)CN1Cc1cccs1. The Kier molecular flexibility index (Phi) is 3.21. The number of hydrogen-bond donors (Lipinski definition) is 1. The van der Waals surface area contributed by atoms with Crippen molar-refractivity contribution in [2.45, 2.75) is 63.1 Å². The van der Waals surface area contributed by atoms with E-state index in [-0.39, 0.29) is 0 Å². The fraction of sp³-hybridized carbons (Fsp3) is 0.765. The topological polar surface area (TPSA) is 15.3 Å². The van der Waals surface area contributed by atoms with Gasteiger partial charge in [0.2, 0.25) is 0 Å². The molecule has 1 N–H and O–H groups in total. The molecule has 3 heteroatoms. The van der Waals surface area contributed by atoms with Crippen molar-refractivity contribution in [1.82, 2.24) is 10.2 Å². The second kappa shape index (κ2) is 4.82. The van der Waals surface area contributed by atoms with Crippen molar-refractivity contribution in [2.75, 3.05) is 13.1 Å². The van der Waals surface area contributed by atoms with E-state index >= 15 is 0 Å². The molecule has 2 heterocycles. The van der Waals surface area contributed by atoms with Gasteiger partial charge in [-0.1, -0.05) is 18.9 Å². The molecule has 1 aliphatic heterocycles. The van der Waals surface area contributed by atoms with Crippen molar-refractivity contribution in [1.29, 1.82) is 0 Å². The minimum absolute atomic E-state index is 0.387. The number of thiophene rings is 1. The maximum Gasteiger partial charge on any atom is 0.0338 e. The Morgan fingerprint density at radius 3 is 2.80 bits per heavy atom. The molecule has 2 nitrogen and oxygen atoms in total. The van der Waals surface area contributed by atoms with Crippen LogP contribution < -0.4 is 5.32 Å². The molecule has 2 saturated carbocycles. The molecule has 1 aromatic heterocycles. The molecule has 20 heavy (non-hydrogen) atoms. The Bertz CT molecular complexity index is 459. The van der Waals surface area contributed by atoms with Crippen LogP contribution in [0.3, 0.4) is 0 Å². The van der Waals surface area contributed by atoms with Gasteiger partial charge in [-0.3, -0.25) is 4.90 Å². The monoisotopic (exact) mass is 290 g/mol. The molecule has 1 unspecified atom stereocenters. The average Bonchev–Trinajstić information content (AvgIpc) is 3.01.